The second-order valence-electron chi connectivity index (χ2n) is 4.49. The Hall–Kier alpha value is -1.15. The number of hydrogen-bond donors (Lipinski definition) is 0. The molecule has 0 heterocycles. The summed E-state index contributed by atoms with van der Waals surface area (Å²) in [5.74, 6) is 0.239. The van der Waals surface area contributed by atoms with E-state index in [1.54, 1.807) is 0 Å². The molecule has 0 atom stereocenters. The molecule has 2 nitrogen and oxygen atoms in total. The third-order valence-corrected chi connectivity index (χ3v) is 3.35. The third kappa shape index (κ3) is 4.31. The molecular formula is C15H23NO. The summed E-state index contributed by atoms with van der Waals surface area (Å²) in [4.78, 5) is 14.2. The number of ketones is 1. The molecule has 0 aliphatic heterocycles. The molecule has 1 rings (SSSR count). The number of rotatable bonds is 7. The first-order valence-corrected chi connectivity index (χ1v) is 6.47. The summed E-state index contributed by atoms with van der Waals surface area (Å²) < 4.78 is 0. The van der Waals surface area contributed by atoms with Gasteiger partial charge in [0.2, 0.25) is 0 Å². The number of hydrogen-bond acceptors (Lipinski definition) is 2. The minimum absolute atomic E-state index is 0.239. The van der Waals surface area contributed by atoms with Gasteiger partial charge in [0.25, 0.3) is 0 Å². The highest BCUT2D eigenvalue weighted by atomic mass is 16.1. The Balaban J connectivity index is 2.43. The van der Waals surface area contributed by atoms with Crippen molar-refractivity contribution >= 4 is 5.78 Å². The Morgan fingerprint density at radius 1 is 1.18 bits per heavy atom. The fourth-order valence-electron chi connectivity index (χ4n) is 2.14. The van der Waals surface area contributed by atoms with Gasteiger partial charge < -0.3 is 4.90 Å². The van der Waals surface area contributed by atoms with Crippen LogP contribution in [0.4, 0.5) is 0 Å². The Labute approximate surface area is 105 Å². The second kappa shape index (κ2) is 7.23. The molecule has 94 valence electrons. The van der Waals surface area contributed by atoms with E-state index in [1.807, 2.05) is 30.3 Å². The zero-order valence-corrected chi connectivity index (χ0v) is 11.1. The first kappa shape index (κ1) is 13.9. The zero-order valence-electron chi connectivity index (χ0n) is 11.1. The van der Waals surface area contributed by atoms with Crippen molar-refractivity contribution in [2.45, 2.75) is 39.2 Å². The molecule has 0 amide bonds. The SMILES string of the molecule is CCC(CC)N(C)CCC(=O)c1ccccc1. The predicted molar refractivity (Wildman–Crippen MR) is 72.4 cm³/mol. The molecule has 2 heteroatoms. The highest BCUT2D eigenvalue weighted by Gasteiger charge is 2.12. The van der Waals surface area contributed by atoms with Gasteiger partial charge in [0, 0.05) is 24.6 Å². The fourth-order valence-corrected chi connectivity index (χ4v) is 2.14. The maximum absolute atomic E-state index is 11.9. The van der Waals surface area contributed by atoms with E-state index in [-0.39, 0.29) is 5.78 Å². The zero-order chi connectivity index (χ0) is 12.7. The summed E-state index contributed by atoms with van der Waals surface area (Å²) in [6, 6.07) is 10.1. The van der Waals surface area contributed by atoms with Gasteiger partial charge in [-0.3, -0.25) is 4.79 Å². The second-order valence-corrected chi connectivity index (χ2v) is 4.49. The molecule has 0 radical (unpaired) electrons. The average Bonchev–Trinajstić information content (AvgIpc) is 2.38. The first-order valence-electron chi connectivity index (χ1n) is 6.47. The van der Waals surface area contributed by atoms with E-state index in [9.17, 15) is 4.79 Å². The predicted octanol–water partition coefficient (Wildman–Crippen LogP) is 3.38. The van der Waals surface area contributed by atoms with Crippen LogP contribution in [0.1, 0.15) is 43.5 Å². The number of carbonyl (C=O) groups excluding carboxylic acids is 1. The minimum Gasteiger partial charge on any atom is -0.303 e. The van der Waals surface area contributed by atoms with Crippen LogP contribution in [0.25, 0.3) is 0 Å². The summed E-state index contributed by atoms with van der Waals surface area (Å²) in [6.07, 6.45) is 2.90. The van der Waals surface area contributed by atoms with E-state index in [4.69, 9.17) is 0 Å². The largest absolute Gasteiger partial charge is 0.303 e. The van der Waals surface area contributed by atoms with E-state index < -0.39 is 0 Å². The van der Waals surface area contributed by atoms with Crippen molar-refractivity contribution in [1.29, 1.82) is 0 Å². The van der Waals surface area contributed by atoms with Crippen LogP contribution in [0, 0.1) is 0 Å². The topological polar surface area (TPSA) is 20.3 Å². The monoisotopic (exact) mass is 233 g/mol. The van der Waals surface area contributed by atoms with Gasteiger partial charge in [-0.1, -0.05) is 44.2 Å². The van der Waals surface area contributed by atoms with Crippen LogP contribution in [0.5, 0.6) is 0 Å². The number of benzene rings is 1. The highest BCUT2D eigenvalue weighted by Crippen LogP contribution is 2.08. The molecule has 0 bridgehead atoms. The van der Waals surface area contributed by atoms with Gasteiger partial charge in [-0.05, 0) is 19.9 Å². The maximum atomic E-state index is 11.9. The Morgan fingerprint density at radius 2 is 1.76 bits per heavy atom. The summed E-state index contributed by atoms with van der Waals surface area (Å²) in [7, 11) is 2.11. The first-order chi connectivity index (χ1) is 8.19. The molecule has 0 N–H and O–H groups in total. The summed E-state index contributed by atoms with van der Waals surface area (Å²) in [5, 5.41) is 0. The summed E-state index contributed by atoms with van der Waals surface area (Å²) in [6.45, 7) is 5.24. The third-order valence-electron chi connectivity index (χ3n) is 3.35. The van der Waals surface area contributed by atoms with Crippen molar-refractivity contribution in [2.75, 3.05) is 13.6 Å². The van der Waals surface area contributed by atoms with Crippen LogP contribution in [-0.4, -0.2) is 30.3 Å². The lowest BCUT2D eigenvalue weighted by Crippen LogP contribution is -2.32. The molecule has 0 saturated carbocycles. The lowest BCUT2D eigenvalue weighted by atomic mass is 10.1. The van der Waals surface area contributed by atoms with Gasteiger partial charge in [-0.25, -0.2) is 0 Å². The number of carbonyl (C=O) groups is 1. The van der Waals surface area contributed by atoms with Gasteiger partial charge in [-0.2, -0.15) is 0 Å². The minimum atomic E-state index is 0.239. The van der Waals surface area contributed by atoms with E-state index in [0.29, 0.717) is 12.5 Å². The van der Waals surface area contributed by atoms with Crippen LogP contribution < -0.4 is 0 Å². The van der Waals surface area contributed by atoms with Crippen LogP contribution in [0.15, 0.2) is 30.3 Å². The van der Waals surface area contributed by atoms with Gasteiger partial charge in [0.15, 0.2) is 5.78 Å². The van der Waals surface area contributed by atoms with E-state index in [0.717, 1.165) is 24.9 Å². The standard InChI is InChI=1S/C15H23NO/c1-4-14(5-2)16(3)12-11-15(17)13-9-7-6-8-10-13/h6-10,14H,4-5,11-12H2,1-3H3. The van der Waals surface area contributed by atoms with Crippen LogP contribution in [-0.2, 0) is 0 Å². The summed E-state index contributed by atoms with van der Waals surface area (Å²) in [5.41, 5.74) is 0.824. The normalized spacial score (nSPS) is 11.1. The average molecular weight is 233 g/mol. The van der Waals surface area contributed by atoms with Crippen LogP contribution >= 0.6 is 0 Å². The maximum Gasteiger partial charge on any atom is 0.164 e. The van der Waals surface area contributed by atoms with Crippen molar-refractivity contribution in [1.82, 2.24) is 4.90 Å². The molecule has 0 aliphatic carbocycles. The van der Waals surface area contributed by atoms with Crippen molar-refractivity contribution < 1.29 is 4.79 Å². The Morgan fingerprint density at radius 3 is 2.29 bits per heavy atom. The van der Waals surface area contributed by atoms with Crippen molar-refractivity contribution in [3.63, 3.8) is 0 Å². The molecule has 0 spiro atoms. The lowest BCUT2D eigenvalue weighted by Gasteiger charge is -2.25. The van der Waals surface area contributed by atoms with E-state index >= 15 is 0 Å². The molecule has 1 aromatic carbocycles. The number of Topliss-reactive ketones (excluding diaryl/α,β-unsaturated/α-hetero) is 1. The van der Waals surface area contributed by atoms with Crippen molar-refractivity contribution in [2.24, 2.45) is 0 Å². The van der Waals surface area contributed by atoms with Gasteiger partial charge >= 0.3 is 0 Å². The van der Waals surface area contributed by atoms with Gasteiger partial charge in [0.1, 0.15) is 0 Å². The van der Waals surface area contributed by atoms with Crippen LogP contribution in [0.2, 0.25) is 0 Å². The molecule has 0 aromatic heterocycles. The molecular weight excluding hydrogens is 210 g/mol. The molecule has 0 unspecified atom stereocenters. The van der Waals surface area contributed by atoms with E-state index in [1.165, 1.54) is 0 Å². The van der Waals surface area contributed by atoms with Crippen molar-refractivity contribution in [3.05, 3.63) is 35.9 Å². The van der Waals surface area contributed by atoms with Gasteiger partial charge in [-0.15, -0.1) is 0 Å². The molecule has 0 aliphatic rings. The summed E-state index contributed by atoms with van der Waals surface area (Å²) >= 11 is 0. The number of nitrogens with zero attached hydrogens (tertiary/aromatic N) is 1. The van der Waals surface area contributed by atoms with Gasteiger partial charge in [0.05, 0.1) is 0 Å². The molecule has 0 fully saturated rings. The molecule has 17 heavy (non-hydrogen) atoms. The molecule has 1 aromatic rings. The smallest absolute Gasteiger partial charge is 0.164 e. The highest BCUT2D eigenvalue weighted by molar-refractivity contribution is 5.96. The lowest BCUT2D eigenvalue weighted by molar-refractivity contribution is 0.0958. The molecule has 0 saturated heterocycles. The quantitative estimate of drug-likeness (QED) is 0.673. The Bertz CT molecular complexity index is 330. The van der Waals surface area contributed by atoms with Crippen LogP contribution in [0.3, 0.4) is 0 Å². The van der Waals surface area contributed by atoms with E-state index in [2.05, 4.69) is 25.8 Å². The van der Waals surface area contributed by atoms with Crippen molar-refractivity contribution in [3.8, 4) is 0 Å². The fraction of sp³-hybridized carbons (Fsp3) is 0.533. The Kier molecular flexibility index (Phi) is 5.92.